The molecule has 1 unspecified atom stereocenters. The van der Waals surface area contributed by atoms with E-state index >= 15 is 0 Å². The number of anilines is 1. The smallest absolute Gasteiger partial charge is 0.241 e. The largest absolute Gasteiger partial charge is 0.494 e. The molecule has 0 aliphatic carbocycles. The van der Waals surface area contributed by atoms with Crippen LogP contribution in [-0.4, -0.2) is 48.0 Å². The van der Waals surface area contributed by atoms with E-state index in [4.69, 9.17) is 14.2 Å². The van der Waals surface area contributed by atoms with Gasteiger partial charge in [-0.15, -0.1) is 0 Å². The van der Waals surface area contributed by atoms with Gasteiger partial charge in [0.2, 0.25) is 15.9 Å². The number of amides is 1. The van der Waals surface area contributed by atoms with Gasteiger partial charge in [-0.25, -0.2) is 8.42 Å². The molecule has 30 heavy (non-hydrogen) atoms. The molecule has 0 spiro atoms. The second kappa shape index (κ2) is 10.2. The molecule has 0 aliphatic heterocycles. The first-order valence-corrected chi connectivity index (χ1v) is 11.3. The molecule has 0 aliphatic rings. The third-order valence-electron chi connectivity index (χ3n) is 4.41. The van der Waals surface area contributed by atoms with Crippen LogP contribution < -0.4 is 23.8 Å². The van der Waals surface area contributed by atoms with E-state index in [0.29, 0.717) is 23.8 Å². The maximum Gasteiger partial charge on any atom is 0.241 e. The molecule has 0 saturated carbocycles. The highest BCUT2D eigenvalue weighted by atomic mass is 32.2. The summed E-state index contributed by atoms with van der Waals surface area (Å²) in [6.07, 6.45) is 1.05. The van der Waals surface area contributed by atoms with Crippen molar-refractivity contribution in [1.29, 1.82) is 0 Å². The highest BCUT2D eigenvalue weighted by Crippen LogP contribution is 2.32. The minimum Gasteiger partial charge on any atom is -0.494 e. The molecule has 2 aromatic rings. The Labute approximate surface area is 177 Å². The first-order chi connectivity index (χ1) is 14.2. The Morgan fingerprint density at radius 2 is 1.70 bits per heavy atom. The van der Waals surface area contributed by atoms with Crippen molar-refractivity contribution in [3.8, 4) is 17.2 Å². The van der Waals surface area contributed by atoms with Gasteiger partial charge in [0.25, 0.3) is 0 Å². The summed E-state index contributed by atoms with van der Waals surface area (Å²) in [4.78, 5) is 12.6. The Bertz CT molecular complexity index is 960. The molecule has 0 aromatic heterocycles. The predicted molar refractivity (Wildman–Crippen MR) is 116 cm³/mol. The van der Waals surface area contributed by atoms with Crippen molar-refractivity contribution in [1.82, 2.24) is 5.32 Å². The van der Waals surface area contributed by atoms with E-state index in [9.17, 15) is 13.2 Å². The van der Waals surface area contributed by atoms with Gasteiger partial charge in [0, 0.05) is 6.07 Å². The fraction of sp³-hybridized carbons (Fsp3) is 0.381. The monoisotopic (exact) mass is 436 g/mol. The standard InChI is InChI=1S/C21H28N2O6S/c1-6-29-18-10-7-16(8-11-18)15(2)22-21(24)14-23(30(5,25)26)17-9-12-19(27-3)20(13-17)28-4/h7-13,15H,6,14H2,1-5H3,(H,22,24). The summed E-state index contributed by atoms with van der Waals surface area (Å²) in [6, 6.07) is 11.7. The Kier molecular flexibility index (Phi) is 7.93. The quantitative estimate of drug-likeness (QED) is 0.616. The number of rotatable bonds is 10. The number of nitrogens with zero attached hydrogens (tertiary/aromatic N) is 1. The molecule has 0 fully saturated rings. The van der Waals surface area contributed by atoms with Crippen LogP contribution in [0.5, 0.6) is 17.2 Å². The minimum absolute atomic E-state index is 0.305. The van der Waals surface area contributed by atoms with Crippen LogP contribution >= 0.6 is 0 Å². The number of hydrogen-bond acceptors (Lipinski definition) is 6. The van der Waals surface area contributed by atoms with E-state index in [2.05, 4.69) is 5.32 Å². The number of benzene rings is 2. The summed E-state index contributed by atoms with van der Waals surface area (Å²) in [5, 5.41) is 2.83. The molecule has 1 N–H and O–H groups in total. The van der Waals surface area contributed by atoms with E-state index in [1.54, 1.807) is 12.1 Å². The molecule has 0 heterocycles. The predicted octanol–water partition coefficient (Wildman–Crippen LogP) is 2.75. The van der Waals surface area contributed by atoms with Gasteiger partial charge in [-0.05, 0) is 43.7 Å². The van der Waals surface area contributed by atoms with E-state index in [1.807, 2.05) is 38.1 Å². The number of carbonyl (C=O) groups is 1. The van der Waals surface area contributed by atoms with Gasteiger partial charge in [0.15, 0.2) is 11.5 Å². The topological polar surface area (TPSA) is 94.2 Å². The van der Waals surface area contributed by atoms with Crippen LogP contribution in [0.1, 0.15) is 25.5 Å². The van der Waals surface area contributed by atoms with E-state index in [1.165, 1.54) is 20.3 Å². The number of sulfonamides is 1. The molecule has 0 radical (unpaired) electrons. The number of nitrogens with one attached hydrogen (secondary N) is 1. The summed E-state index contributed by atoms with van der Waals surface area (Å²) in [6.45, 7) is 3.94. The molecule has 0 saturated heterocycles. The van der Waals surface area contributed by atoms with Gasteiger partial charge in [-0.2, -0.15) is 0 Å². The molecule has 0 bridgehead atoms. The Morgan fingerprint density at radius 1 is 1.07 bits per heavy atom. The van der Waals surface area contributed by atoms with Crippen molar-refractivity contribution in [3.05, 3.63) is 48.0 Å². The van der Waals surface area contributed by atoms with Crippen LogP contribution in [0.15, 0.2) is 42.5 Å². The van der Waals surface area contributed by atoms with Crippen LogP contribution in [0.2, 0.25) is 0 Å². The fourth-order valence-corrected chi connectivity index (χ4v) is 3.75. The number of carbonyl (C=O) groups excluding carboxylic acids is 1. The highest BCUT2D eigenvalue weighted by molar-refractivity contribution is 7.92. The van der Waals surface area contributed by atoms with Gasteiger partial charge < -0.3 is 19.5 Å². The number of hydrogen-bond donors (Lipinski definition) is 1. The number of ether oxygens (including phenoxy) is 3. The Balaban J connectivity index is 2.16. The normalized spacial score (nSPS) is 12.0. The summed E-state index contributed by atoms with van der Waals surface area (Å²) in [5.74, 6) is 1.14. The van der Waals surface area contributed by atoms with Crippen molar-refractivity contribution in [2.75, 3.05) is 37.9 Å². The third-order valence-corrected chi connectivity index (χ3v) is 5.55. The van der Waals surface area contributed by atoms with E-state index in [-0.39, 0.29) is 12.6 Å². The van der Waals surface area contributed by atoms with Gasteiger partial charge >= 0.3 is 0 Å². The maximum atomic E-state index is 12.6. The molecule has 164 valence electrons. The first kappa shape index (κ1) is 23.3. The van der Waals surface area contributed by atoms with E-state index in [0.717, 1.165) is 21.9 Å². The second-order valence-electron chi connectivity index (χ2n) is 6.60. The average molecular weight is 437 g/mol. The Hall–Kier alpha value is -2.94. The lowest BCUT2D eigenvalue weighted by Gasteiger charge is -2.24. The summed E-state index contributed by atoms with van der Waals surface area (Å²) >= 11 is 0. The lowest BCUT2D eigenvalue weighted by Crippen LogP contribution is -2.41. The number of methoxy groups -OCH3 is 2. The van der Waals surface area contributed by atoms with Crippen molar-refractivity contribution in [2.24, 2.45) is 0 Å². The Morgan fingerprint density at radius 3 is 2.23 bits per heavy atom. The molecular formula is C21H28N2O6S. The molecule has 2 aromatic carbocycles. The van der Waals surface area contributed by atoms with Crippen molar-refractivity contribution >= 4 is 21.6 Å². The summed E-state index contributed by atoms with van der Waals surface area (Å²) in [5.41, 5.74) is 1.18. The summed E-state index contributed by atoms with van der Waals surface area (Å²) in [7, 11) is -0.767. The molecule has 1 atom stereocenters. The zero-order valence-electron chi connectivity index (χ0n) is 17.8. The zero-order valence-corrected chi connectivity index (χ0v) is 18.7. The molecule has 8 nitrogen and oxygen atoms in total. The van der Waals surface area contributed by atoms with Crippen molar-refractivity contribution in [3.63, 3.8) is 0 Å². The van der Waals surface area contributed by atoms with Gasteiger partial charge in [0.1, 0.15) is 12.3 Å². The molecule has 2 rings (SSSR count). The highest BCUT2D eigenvalue weighted by Gasteiger charge is 2.23. The lowest BCUT2D eigenvalue weighted by molar-refractivity contribution is -0.120. The van der Waals surface area contributed by atoms with Gasteiger partial charge in [0.05, 0.1) is 38.8 Å². The zero-order chi connectivity index (χ0) is 22.3. The third kappa shape index (κ3) is 6.03. The fourth-order valence-electron chi connectivity index (χ4n) is 2.90. The maximum absolute atomic E-state index is 12.6. The molecule has 1 amide bonds. The van der Waals surface area contributed by atoms with Crippen LogP contribution in [-0.2, 0) is 14.8 Å². The van der Waals surface area contributed by atoms with Crippen LogP contribution in [0.4, 0.5) is 5.69 Å². The van der Waals surface area contributed by atoms with E-state index < -0.39 is 15.9 Å². The first-order valence-electron chi connectivity index (χ1n) is 9.41. The van der Waals surface area contributed by atoms with Gasteiger partial charge in [-0.1, -0.05) is 12.1 Å². The molecule has 9 heteroatoms. The summed E-state index contributed by atoms with van der Waals surface area (Å²) < 4.78 is 41.5. The van der Waals surface area contributed by atoms with Crippen molar-refractivity contribution < 1.29 is 27.4 Å². The van der Waals surface area contributed by atoms with Crippen LogP contribution in [0.25, 0.3) is 0 Å². The van der Waals surface area contributed by atoms with Crippen LogP contribution in [0, 0.1) is 0 Å². The average Bonchev–Trinajstić information content (AvgIpc) is 2.71. The molecular weight excluding hydrogens is 408 g/mol. The minimum atomic E-state index is -3.71. The SMILES string of the molecule is CCOc1ccc(C(C)NC(=O)CN(c2ccc(OC)c(OC)c2)S(C)(=O)=O)cc1. The van der Waals surface area contributed by atoms with Crippen LogP contribution in [0.3, 0.4) is 0 Å². The van der Waals surface area contributed by atoms with Gasteiger partial charge in [-0.3, -0.25) is 9.10 Å². The second-order valence-corrected chi connectivity index (χ2v) is 8.51. The van der Waals surface area contributed by atoms with Crippen molar-refractivity contribution in [2.45, 2.75) is 19.9 Å². The lowest BCUT2D eigenvalue weighted by atomic mass is 10.1.